The number of ether oxygens (including phenoxy) is 1. The van der Waals surface area contributed by atoms with Crippen molar-refractivity contribution in [3.63, 3.8) is 0 Å². The van der Waals surface area contributed by atoms with Gasteiger partial charge in [-0.05, 0) is 12.8 Å². The molecule has 0 bridgehead atoms. The molecular formula is C12H20N2O2S. The fourth-order valence-corrected chi connectivity index (χ4v) is 2.73. The zero-order valence-corrected chi connectivity index (χ0v) is 11.6. The quantitative estimate of drug-likeness (QED) is 0.767. The Morgan fingerprint density at radius 2 is 2.06 bits per heavy atom. The number of hydrogen-bond donors (Lipinski definition) is 2. The first kappa shape index (κ1) is 13.8. The maximum Gasteiger partial charge on any atom is 0.176 e. The molecule has 1 aromatic heterocycles. The summed E-state index contributed by atoms with van der Waals surface area (Å²) in [6.07, 6.45) is 2.04. The van der Waals surface area contributed by atoms with E-state index in [1.54, 1.807) is 7.11 Å². The van der Waals surface area contributed by atoms with Gasteiger partial charge in [0.2, 0.25) is 0 Å². The van der Waals surface area contributed by atoms with E-state index in [-0.39, 0.29) is 5.78 Å². The van der Waals surface area contributed by atoms with E-state index >= 15 is 0 Å². The highest BCUT2D eigenvalue weighted by molar-refractivity contribution is 7.19. The second-order valence-corrected chi connectivity index (χ2v) is 4.94. The molecular weight excluding hydrogens is 236 g/mol. The molecule has 5 heteroatoms. The lowest BCUT2D eigenvalue weighted by molar-refractivity contribution is 0.102. The molecule has 0 saturated heterocycles. The van der Waals surface area contributed by atoms with Gasteiger partial charge in [-0.1, -0.05) is 13.8 Å². The van der Waals surface area contributed by atoms with Crippen LogP contribution in [0, 0.1) is 0 Å². The van der Waals surface area contributed by atoms with Crippen LogP contribution >= 0.6 is 11.3 Å². The van der Waals surface area contributed by atoms with Gasteiger partial charge in [-0.15, -0.1) is 11.3 Å². The van der Waals surface area contributed by atoms with Crippen molar-refractivity contribution < 1.29 is 9.53 Å². The largest absolute Gasteiger partial charge is 0.492 e. The molecule has 4 nitrogen and oxygen atoms in total. The Labute approximate surface area is 106 Å². The van der Waals surface area contributed by atoms with Crippen LogP contribution in [-0.2, 0) is 0 Å². The molecule has 0 atom stereocenters. The first-order valence-corrected chi connectivity index (χ1v) is 6.60. The van der Waals surface area contributed by atoms with Gasteiger partial charge in [-0.3, -0.25) is 4.79 Å². The van der Waals surface area contributed by atoms with Gasteiger partial charge in [0.15, 0.2) is 11.5 Å². The topological polar surface area (TPSA) is 64.4 Å². The van der Waals surface area contributed by atoms with Crippen molar-refractivity contribution in [3.8, 4) is 5.75 Å². The highest BCUT2D eigenvalue weighted by atomic mass is 32.1. The van der Waals surface area contributed by atoms with E-state index in [4.69, 9.17) is 10.5 Å². The van der Waals surface area contributed by atoms with Crippen LogP contribution in [0.5, 0.6) is 5.75 Å². The van der Waals surface area contributed by atoms with Crippen LogP contribution in [0.2, 0.25) is 0 Å². The Bertz CT molecular complexity index is 397. The van der Waals surface area contributed by atoms with E-state index < -0.39 is 0 Å². The average Bonchev–Trinajstić information content (AvgIpc) is 2.62. The number of anilines is 2. The maximum absolute atomic E-state index is 11.4. The number of carbonyl (C=O) groups is 1. The molecule has 0 saturated carbocycles. The molecule has 0 aliphatic heterocycles. The number of methoxy groups -OCH3 is 1. The Balaban J connectivity index is 3.06. The zero-order chi connectivity index (χ0) is 13.0. The number of carbonyl (C=O) groups excluding carboxylic acids is 1. The molecule has 96 valence electrons. The second kappa shape index (κ2) is 5.91. The summed E-state index contributed by atoms with van der Waals surface area (Å²) < 4.78 is 5.27. The molecule has 3 N–H and O–H groups in total. The third-order valence-electron chi connectivity index (χ3n) is 2.74. The standard InChI is InChI=1S/C12H20N2O2S/c1-5-8(6-2)14-12-10(16-4)9(13)11(17-12)7(3)15/h8,14H,5-6,13H2,1-4H3. The molecule has 0 aliphatic rings. The fraction of sp³-hybridized carbons (Fsp3) is 0.583. The number of nitrogens with one attached hydrogen (secondary N) is 1. The van der Waals surface area contributed by atoms with Crippen molar-refractivity contribution >= 4 is 27.8 Å². The average molecular weight is 256 g/mol. The van der Waals surface area contributed by atoms with Gasteiger partial charge in [-0.2, -0.15) is 0 Å². The van der Waals surface area contributed by atoms with Crippen molar-refractivity contribution in [1.82, 2.24) is 0 Å². The lowest BCUT2D eigenvalue weighted by atomic mass is 10.2. The Morgan fingerprint density at radius 3 is 2.47 bits per heavy atom. The van der Waals surface area contributed by atoms with Crippen LogP contribution in [0.4, 0.5) is 10.7 Å². The number of rotatable bonds is 6. The molecule has 0 amide bonds. The molecule has 0 fully saturated rings. The van der Waals surface area contributed by atoms with Crippen LogP contribution in [0.15, 0.2) is 0 Å². The zero-order valence-electron chi connectivity index (χ0n) is 10.8. The molecule has 1 heterocycles. The van der Waals surface area contributed by atoms with Crippen molar-refractivity contribution in [3.05, 3.63) is 4.88 Å². The second-order valence-electron chi connectivity index (χ2n) is 3.92. The highest BCUT2D eigenvalue weighted by Crippen LogP contribution is 2.43. The monoisotopic (exact) mass is 256 g/mol. The lowest BCUT2D eigenvalue weighted by Crippen LogP contribution is -2.16. The predicted molar refractivity (Wildman–Crippen MR) is 73.3 cm³/mol. The first-order chi connectivity index (χ1) is 8.04. The van der Waals surface area contributed by atoms with Gasteiger partial charge in [0.1, 0.15) is 5.00 Å². The number of hydrogen-bond acceptors (Lipinski definition) is 5. The number of Topliss-reactive ketones (excluding diaryl/α,β-unsaturated/α-hetero) is 1. The molecule has 17 heavy (non-hydrogen) atoms. The SMILES string of the molecule is CCC(CC)Nc1sc(C(C)=O)c(N)c1OC. The van der Waals surface area contributed by atoms with Crippen LogP contribution in [0.1, 0.15) is 43.3 Å². The van der Waals surface area contributed by atoms with Gasteiger partial charge in [0, 0.05) is 13.0 Å². The maximum atomic E-state index is 11.4. The summed E-state index contributed by atoms with van der Waals surface area (Å²) in [7, 11) is 1.57. The summed E-state index contributed by atoms with van der Waals surface area (Å²) in [5.41, 5.74) is 6.34. The normalized spacial score (nSPS) is 10.6. The van der Waals surface area contributed by atoms with Crippen LogP contribution in [0.25, 0.3) is 0 Å². The summed E-state index contributed by atoms with van der Waals surface area (Å²) in [6.45, 7) is 5.76. The number of ketones is 1. The summed E-state index contributed by atoms with van der Waals surface area (Å²) >= 11 is 1.37. The van der Waals surface area contributed by atoms with Crippen molar-refractivity contribution in [2.45, 2.75) is 39.7 Å². The third kappa shape index (κ3) is 2.91. The minimum atomic E-state index is -0.0246. The highest BCUT2D eigenvalue weighted by Gasteiger charge is 2.20. The van der Waals surface area contributed by atoms with Crippen molar-refractivity contribution in [2.75, 3.05) is 18.2 Å². The molecule has 0 radical (unpaired) electrons. The van der Waals surface area contributed by atoms with Crippen molar-refractivity contribution in [1.29, 1.82) is 0 Å². The van der Waals surface area contributed by atoms with E-state index in [1.165, 1.54) is 18.3 Å². The van der Waals surface area contributed by atoms with Gasteiger partial charge in [0.05, 0.1) is 17.7 Å². The predicted octanol–water partition coefficient (Wildman–Crippen LogP) is 3.14. The van der Waals surface area contributed by atoms with Crippen LogP contribution in [-0.4, -0.2) is 18.9 Å². The Morgan fingerprint density at radius 1 is 1.47 bits per heavy atom. The molecule has 0 unspecified atom stereocenters. The number of thiophene rings is 1. The first-order valence-electron chi connectivity index (χ1n) is 5.78. The Kier molecular flexibility index (Phi) is 4.81. The van der Waals surface area contributed by atoms with Gasteiger partial charge in [-0.25, -0.2) is 0 Å². The van der Waals surface area contributed by atoms with Gasteiger partial charge >= 0.3 is 0 Å². The Hall–Kier alpha value is -1.23. The molecule has 1 rings (SSSR count). The van der Waals surface area contributed by atoms with Gasteiger partial charge < -0.3 is 15.8 Å². The molecule has 0 aromatic carbocycles. The third-order valence-corrected chi connectivity index (χ3v) is 3.96. The molecule has 1 aromatic rings. The van der Waals surface area contributed by atoms with Crippen LogP contribution in [0.3, 0.4) is 0 Å². The summed E-state index contributed by atoms with van der Waals surface area (Å²) in [6, 6.07) is 0.377. The van der Waals surface area contributed by atoms with E-state index in [9.17, 15) is 4.79 Å². The van der Waals surface area contributed by atoms with E-state index in [2.05, 4.69) is 19.2 Å². The summed E-state index contributed by atoms with van der Waals surface area (Å²) in [4.78, 5) is 12.0. The fourth-order valence-electron chi connectivity index (χ4n) is 1.67. The summed E-state index contributed by atoms with van der Waals surface area (Å²) in [5.74, 6) is 0.565. The summed E-state index contributed by atoms with van der Waals surface area (Å²) in [5, 5.41) is 4.23. The smallest absolute Gasteiger partial charge is 0.176 e. The number of nitrogens with two attached hydrogens (primary N) is 1. The van der Waals surface area contributed by atoms with Crippen LogP contribution < -0.4 is 15.8 Å². The van der Waals surface area contributed by atoms with Gasteiger partial charge in [0.25, 0.3) is 0 Å². The molecule has 0 aliphatic carbocycles. The van der Waals surface area contributed by atoms with E-state index in [1.807, 2.05) is 0 Å². The van der Waals surface area contributed by atoms with E-state index in [0.717, 1.165) is 17.8 Å². The lowest BCUT2D eigenvalue weighted by Gasteiger charge is -2.15. The van der Waals surface area contributed by atoms with Crippen molar-refractivity contribution in [2.24, 2.45) is 0 Å². The minimum Gasteiger partial charge on any atom is -0.492 e. The minimum absolute atomic E-state index is 0.0246. The number of nitrogen functional groups attached to an aromatic ring is 1. The van der Waals surface area contributed by atoms with E-state index in [0.29, 0.717) is 22.4 Å². The molecule has 0 spiro atoms.